The smallest absolute Gasteiger partial charge is 0.332 e. The van der Waals surface area contributed by atoms with E-state index in [2.05, 4.69) is 13.8 Å². The van der Waals surface area contributed by atoms with Gasteiger partial charge < -0.3 is 14.6 Å². The first kappa shape index (κ1) is 13.4. The number of carbonyl (C=O) groups is 1. The highest BCUT2D eigenvalue weighted by molar-refractivity contribution is 5.71. The third kappa shape index (κ3) is 8.01. The van der Waals surface area contributed by atoms with E-state index < -0.39 is 12.1 Å². The van der Waals surface area contributed by atoms with Gasteiger partial charge in [-0.2, -0.15) is 0 Å². The minimum Gasteiger partial charge on any atom is -0.479 e. The molecule has 0 aromatic rings. The van der Waals surface area contributed by atoms with Crippen molar-refractivity contribution in [2.24, 2.45) is 5.92 Å². The van der Waals surface area contributed by atoms with Gasteiger partial charge in [0.2, 0.25) is 0 Å². The number of hydrogen-bond donors (Lipinski definition) is 1. The minimum atomic E-state index is -0.938. The molecule has 0 aromatic heterocycles. The third-order valence-electron chi connectivity index (χ3n) is 1.78. The molecular weight excluding hydrogens is 184 g/mol. The lowest BCUT2D eigenvalue weighted by Gasteiger charge is -2.09. The summed E-state index contributed by atoms with van der Waals surface area (Å²) in [5.41, 5.74) is 0. The molecule has 0 amide bonds. The van der Waals surface area contributed by atoms with Crippen molar-refractivity contribution >= 4 is 5.97 Å². The van der Waals surface area contributed by atoms with E-state index in [4.69, 9.17) is 14.6 Å². The molecule has 0 aliphatic heterocycles. The molecule has 1 atom stereocenters. The van der Waals surface area contributed by atoms with E-state index in [0.29, 0.717) is 25.7 Å². The van der Waals surface area contributed by atoms with Crippen LogP contribution in [0.3, 0.4) is 0 Å². The third-order valence-corrected chi connectivity index (χ3v) is 1.78. The molecule has 4 nitrogen and oxygen atoms in total. The SMILES string of the molecule is CC(C)CCOCCO[C@@H](C)C(=O)O. The van der Waals surface area contributed by atoms with E-state index in [0.717, 1.165) is 6.42 Å². The number of carboxylic acid groups (broad SMARTS) is 1. The maximum Gasteiger partial charge on any atom is 0.332 e. The lowest BCUT2D eigenvalue weighted by molar-refractivity contribution is -0.149. The van der Waals surface area contributed by atoms with Crippen LogP contribution in [0.15, 0.2) is 0 Å². The Morgan fingerprint density at radius 3 is 2.36 bits per heavy atom. The molecule has 0 fully saturated rings. The second-order valence-corrected chi connectivity index (χ2v) is 3.65. The highest BCUT2D eigenvalue weighted by Gasteiger charge is 2.09. The summed E-state index contributed by atoms with van der Waals surface area (Å²) in [6.45, 7) is 7.29. The van der Waals surface area contributed by atoms with E-state index in [1.807, 2.05) is 0 Å². The average molecular weight is 204 g/mol. The summed E-state index contributed by atoms with van der Waals surface area (Å²) < 4.78 is 10.2. The Labute approximate surface area is 85.2 Å². The highest BCUT2D eigenvalue weighted by atomic mass is 16.5. The molecule has 14 heavy (non-hydrogen) atoms. The number of carboxylic acids is 1. The van der Waals surface area contributed by atoms with Gasteiger partial charge in [-0.15, -0.1) is 0 Å². The molecule has 0 unspecified atom stereocenters. The summed E-state index contributed by atoms with van der Waals surface area (Å²) in [7, 11) is 0. The Balaban J connectivity index is 3.17. The second-order valence-electron chi connectivity index (χ2n) is 3.65. The van der Waals surface area contributed by atoms with Crippen LogP contribution in [-0.2, 0) is 14.3 Å². The Morgan fingerprint density at radius 2 is 1.86 bits per heavy atom. The normalized spacial score (nSPS) is 13.1. The molecule has 0 aliphatic carbocycles. The summed E-state index contributed by atoms with van der Waals surface area (Å²) >= 11 is 0. The Morgan fingerprint density at radius 1 is 1.21 bits per heavy atom. The Hall–Kier alpha value is -0.610. The van der Waals surface area contributed by atoms with E-state index in [-0.39, 0.29) is 0 Å². The molecule has 0 rings (SSSR count). The van der Waals surface area contributed by atoms with Crippen LogP contribution in [0.5, 0.6) is 0 Å². The predicted octanol–water partition coefficient (Wildman–Crippen LogP) is 1.54. The van der Waals surface area contributed by atoms with Crippen molar-refractivity contribution in [1.29, 1.82) is 0 Å². The van der Waals surface area contributed by atoms with Crippen LogP contribution in [0.2, 0.25) is 0 Å². The summed E-state index contributed by atoms with van der Waals surface area (Å²) in [5.74, 6) is -0.305. The summed E-state index contributed by atoms with van der Waals surface area (Å²) in [6.07, 6.45) is 0.276. The molecule has 84 valence electrons. The summed E-state index contributed by atoms with van der Waals surface area (Å²) in [5, 5.41) is 8.49. The van der Waals surface area contributed by atoms with Gasteiger partial charge in [-0.25, -0.2) is 4.79 Å². The lowest BCUT2D eigenvalue weighted by atomic mass is 10.1. The van der Waals surface area contributed by atoms with E-state index >= 15 is 0 Å². The first-order valence-corrected chi connectivity index (χ1v) is 4.96. The minimum absolute atomic E-state index is 0.339. The molecule has 4 heteroatoms. The molecule has 0 aromatic carbocycles. The predicted molar refractivity (Wildman–Crippen MR) is 53.3 cm³/mol. The van der Waals surface area contributed by atoms with Crippen LogP contribution >= 0.6 is 0 Å². The maximum absolute atomic E-state index is 10.3. The molecule has 0 heterocycles. The standard InChI is InChI=1S/C10H20O4/c1-8(2)4-5-13-6-7-14-9(3)10(11)12/h8-9H,4-7H2,1-3H3,(H,11,12)/t9-/m0/s1. The molecule has 0 saturated carbocycles. The van der Waals surface area contributed by atoms with Crippen LogP contribution < -0.4 is 0 Å². The average Bonchev–Trinajstić information content (AvgIpc) is 2.09. The zero-order chi connectivity index (χ0) is 11.0. The van der Waals surface area contributed by atoms with Crippen molar-refractivity contribution in [3.8, 4) is 0 Å². The lowest BCUT2D eigenvalue weighted by Crippen LogP contribution is -2.22. The molecular formula is C10H20O4. The van der Waals surface area contributed by atoms with Gasteiger partial charge in [-0.3, -0.25) is 0 Å². The fourth-order valence-corrected chi connectivity index (χ4v) is 0.776. The number of hydrogen-bond acceptors (Lipinski definition) is 3. The van der Waals surface area contributed by atoms with E-state index in [1.54, 1.807) is 0 Å². The maximum atomic E-state index is 10.3. The quantitative estimate of drug-likeness (QED) is 0.609. The van der Waals surface area contributed by atoms with Gasteiger partial charge in [0, 0.05) is 6.61 Å². The van der Waals surface area contributed by atoms with E-state index in [9.17, 15) is 4.79 Å². The number of ether oxygens (including phenoxy) is 2. The van der Waals surface area contributed by atoms with Gasteiger partial charge >= 0.3 is 5.97 Å². The van der Waals surface area contributed by atoms with Gasteiger partial charge in [0.25, 0.3) is 0 Å². The molecule has 0 bridgehead atoms. The van der Waals surface area contributed by atoms with Crippen molar-refractivity contribution in [3.63, 3.8) is 0 Å². The van der Waals surface area contributed by atoms with Crippen molar-refractivity contribution in [2.45, 2.75) is 33.3 Å². The molecule has 0 spiro atoms. The van der Waals surface area contributed by atoms with Gasteiger partial charge in [0.15, 0.2) is 6.10 Å². The monoisotopic (exact) mass is 204 g/mol. The zero-order valence-electron chi connectivity index (χ0n) is 9.16. The van der Waals surface area contributed by atoms with Gasteiger partial charge in [-0.1, -0.05) is 13.8 Å². The van der Waals surface area contributed by atoms with Crippen molar-refractivity contribution in [3.05, 3.63) is 0 Å². The van der Waals surface area contributed by atoms with Crippen LogP contribution in [0.25, 0.3) is 0 Å². The molecule has 0 radical (unpaired) electrons. The first-order chi connectivity index (χ1) is 6.54. The van der Waals surface area contributed by atoms with Crippen LogP contribution in [-0.4, -0.2) is 37.0 Å². The largest absolute Gasteiger partial charge is 0.479 e. The second kappa shape index (κ2) is 7.76. The van der Waals surface area contributed by atoms with Crippen molar-refractivity contribution in [1.82, 2.24) is 0 Å². The molecule has 1 N–H and O–H groups in total. The Kier molecular flexibility index (Phi) is 7.42. The highest BCUT2D eigenvalue weighted by Crippen LogP contribution is 1.98. The molecule has 0 aliphatic rings. The van der Waals surface area contributed by atoms with Gasteiger partial charge in [0.05, 0.1) is 13.2 Å². The van der Waals surface area contributed by atoms with Gasteiger partial charge in [0.1, 0.15) is 0 Å². The van der Waals surface area contributed by atoms with Crippen LogP contribution in [0.4, 0.5) is 0 Å². The van der Waals surface area contributed by atoms with E-state index in [1.165, 1.54) is 6.92 Å². The Bertz CT molecular complexity index is 156. The van der Waals surface area contributed by atoms with Crippen molar-refractivity contribution in [2.75, 3.05) is 19.8 Å². The first-order valence-electron chi connectivity index (χ1n) is 4.96. The summed E-state index contributed by atoms with van der Waals surface area (Å²) in [4.78, 5) is 10.3. The summed E-state index contributed by atoms with van der Waals surface area (Å²) in [6, 6.07) is 0. The molecule has 0 saturated heterocycles. The number of aliphatic carboxylic acids is 1. The fourth-order valence-electron chi connectivity index (χ4n) is 0.776. The number of rotatable bonds is 8. The van der Waals surface area contributed by atoms with Crippen LogP contribution in [0, 0.1) is 5.92 Å². The van der Waals surface area contributed by atoms with Crippen molar-refractivity contribution < 1.29 is 19.4 Å². The topological polar surface area (TPSA) is 55.8 Å². The van der Waals surface area contributed by atoms with Gasteiger partial charge in [-0.05, 0) is 19.3 Å². The fraction of sp³-hybridized carbons (Fsp3) is 0.900. The van der Waals surface area contributed by atoms with Crippen LogP contribution in [0.1, 0.15) is 27.2 Å². The zero-order valence-corrected chi connectivity index (χ0v) is 9.16.